The number of aliphatic hydroxyl groups is 1. The molecule has 3 atom stereocenters. The first-order valence-electron chi connectivity index (χ1n) is 5.07. The summed E-state index contributed by atoms with van der Waals surface area (Å²) < 4.78 is 0. The highest BCUT2D eigenvalue weighted by molar-refractivity contribution is 5.47. The number of rotatable bonds is 1. The van der Waals surface area contributed by atoms with Crippen molar-refractivity contribution >= 4 is 5.69 Å². The third kappa shape index (κ3) is 1.48. The normalized spacial score (nSPS) is 32.0. The lowest BCUT2D eigenvalue weighted by Crippen LogP contribution is -2.15. The van der Waals surface area contributed by atoms with Crippen molar-refractivity contribution in [3.63, 3.8) is 0 Å². The van der Waals surface area contributed by atoms with E-state index in [1.54, 1.807) is 6.20 Å². The van der Waals surface area contributed by atoms with Crippen molar-refractivity contribution in [3.8, 4) is 0 Å². The summed E-state index contributed by atoms with van der Waals surface area (Å²) in [7, 11) is 0. The fourth-order valence-corrected chi connectivity index (χ4v) is 2.31. The Hall–Kier alpha value is -1.09. The molecule has 3 N–H and O–H groups in total. The SMILES string of the molecule is CC1C(O)CCC1c1cnccc1N. The summed E-state index contributed by atoms with van der Waals surface area (Å²) in [6.45, 7) is 2.08. The zero-order valence-corrected chi connectivity index (χ0v) is 8.35. The molecule has 1 heterocycles. The van der Waals surface area contributed by atoms with Crippen LogP contribution in [0, 0.1) is 5.92 Å². The molecule has 0 aliphatic heterocycles. The Bertz CT molecular complexity index is 327. The summed E-state index contributed by atoms with van der Waals surface area (Å²) >= 11 is 0. The number of hydrogen-bond donors (Lipinski definition) is 2. The van der Waals surface area contributed by atoms with Crippen LogP contribution < -0.4 is 5.73 Å². The van der Waals surface area contributed by atoms with Gasteiger partial charge >= 0.3 is 0 Å². The van der Waals surface area contributed by atoms with Gasteiger partial charge in [0, 0.05) is 18.1 Å². The summed E-state index contributed by atoms with van der Waals surface area (Å²) in [5.74, 6) is 0.667. The second-order valence-corrected chi connectivity index (χ2v) is 4.11. The van der Waals surface area contributed by atoms with Gasteiger partial charge in [-0.25, -0.2) is 0 Å². The fraction of sp³-hybridized carbons (Fsp3) is 0.545. The highest BCUT2D eigenvalue weighted by atomic mass is 16.3. The van der Waals surface area contributed by atoms with Crippen LogP contribution >= 0.6 is 0 Å². The van der Waals surface area contributed by atoms with Gasteiger partial charge in [-0.05, 0) is 36.3 Å². The minimum absolute atomic E-state index is 0.181. The molecule has 3 heteroatoms. The average Bonchev–Trinajstić information content (AvgIpc) is 2.49. The van der Waals surface area contributed by atoms with Crippen LogP contribution in [0.15, 0.2) is 18.5 Å². The fourth-order valence-electron chi connectivity index (χ4n) is 2.31. The minimum atomic E-state index is -0.181. The summed E-state index contributed by atoms with van der Waals surface area (Å²) in [5, 5.41) is 9.66. The smallest absolute Gasteiger partial charge is 0.0571 e. The van der Waals surface area contributed by atoms with E-state index in [4.69, 9.17) is 5.73 Å². The monoisotopic (exact) mass is 192 g/mol. The number of nitrogen functional groups attached to an aromatic ring is 1. The van der Waals surface area contributed by atoms with Gasteiger partial charge in [0.1, 0.15) is 0 Å². The minimum Gasteiger partial charge on any atom is -0.398 e. The Kier molecular flexibility index (Phi) is 2.42. The molecule has 0 spiro atoms. The molecular formula is C11H16N2O. The van der Waals surface area contributed by atoms with E-state index in [0.717, 1.165) is 24.1 Å². The first-order valence-corrected chi connectivity index (χ1v) is 5.07. The van der Waals surface area contributed by atoms with Crippen LogP contribution in [0.5, 0.6) is 0 Å². The van der Waals surface area contributed by atoms with Gasteiger partial charge in [-0.1, -0.05) is 6.92 Å². The van der Waals surface area contributed by atoms with E-state index in [2.05, 4.69) is 11.9 Å². The van der Waals surface area contributed by atoms with Crippen LogP contribution in [0.3, 0.4) is 0 Å². The van der Waals surface area contributed by atoms with Crippen molar-refractivity contribution in [1.82, 2.24) is 4.98 Å². The molecule has 1 saturated carbocycles. The van der Waals surface area contributed by atoms with Crippen LogP contribution in [0.2, 0.25) is 0 Å². The summed E-state index contributed by atoms with van der Waals surface area (Å²) in [5.41, 5.74) is 7.78. The summed E-state index contributed by atoms with van der Waals surface area (Å²) in [4.78, 5) is 4.09. The first-order chi connectivity index (χ1) is 6.70. The predicted molar refractivity (Wildman–Crippen MR) is 55.8 cm³/mol. The van der Waals surface area contributed by atoms with E-state index in [1.165, 1.54) is 0 Å². The third-order valence-electron chi connectivity index (χ3n) is 3.30. The van der Waals surface area contributed by atoms with Crippen molar-refractivity contribution in [1.29, 1.82) is 0 Å². The van der Waals surface area contributed by atoms with Crippen LogP contribution in [0.4, 0.5) is 5.69 Å². The zero-order valence-electron chi connectivity index (χ0n) is 8.35. The third-order valence-corrected chi connectivity index (χ3v) is 3.30. The van der Waals surface area contributed by atoms with Gasteiger partial charge < -0.3 is 10.8 Å². The molecule has 1 aromatic rings. The lowest BCUT2D eigenvalue weighted by molar-refractivity contribution is 0.136. The molecule has 3 unspecified atom stereocenters. The Morgan fingerprint density at radius 3 is 2.86 bits per heavy atom. The molecule has 76 valence electrons. The number of anilines is 1. The standard InChI is InChI=1S/C11H16N2O/c1-7-8(2-3-11(7)14)9-6-13-5-4-10(9)12/h4-8,11,14H,2-3H2,1H3,(H2,12,13). The highest BCUT2D eigenvalue weighted by Gasteiger charge is 2.33. The van der Waals surface area contributed by atoms with Crippen molar-refractivity contribution in [2.24, 2.45) is 5.92 Å². The lowest BCUT2D eigenvalue weighted by atomic mass is 9.90. The van der Waals surface area contributed by atoms with Crippen LogP contribution in [0.1, 0.15) is 31.2 Å². The van der Waals surface area contributed by atoms with Gasteiger partial charge in [0.15, 0.2) is 0 Å². The quantitative estimate of drug-likeness (QED) is 0.709. The van der Waals surface area contributed by atoms with Crippen molar-refractivity contribution in [3.05, 3.63) is 24.0 Å². The van der Waals surface area contributed by atoms with Crippen LogP contribution in [-0.4, -0.2) is 16.2 Å². The molecule has 1 aliphatic carbocycles. The van der Waals surface area contributed by atoms with Crippen LogP contribution in [0.25, 0.3) is 0 Å². The summed E-state index contributed by atoms with van der Waals surface area (Å²) in [6.07, 6.45) is 5.24. The molecule has 1 aromatic heterocycles. The number of nitrogens with zero attached hydrogens (tertiary/aromatic N) is 1. The maximum absolute atomic E-state index is 9.66. The average molecular weight is 192 g/mol. The van der Waals surface area contributed by atoms with Gasteiger partial charge in [-0.15, -0.1) is 0 Å². The Morgan fingerprint density at radius 2 is 2.29 bits per heavy atom. The van der Waals surface area contributed by atoms with E-state index in [-0.39, 0.29) is 6.10 Å². The first kappa shape index (κ1) is 9.46. The summed E-state index contributed by atoms with van der Waals surface area (Å²) in [6, 6.07) is 1.83. The maximum Gasteiger partial charge on any atom is 0.0571 e. The number of nitrogens with two attached hydrogens (primary N) is 1. The zero-order chi connectivity index (χ0) is 10.1. The van der Waals surface area contributed by atoms with Crippen molar-refractivity contribution in [2.45, 2.75) is 31.8 Å². The second-order valence-electron chi connectivity index (χ2n) is 4.11. The van der Waals surface area contributed by atoms with Gasteiger partial charge in [-0.3, -0.25) is 4.98 Å². The number of pyridine rings is 1. The van der Waals surface area contributed by atoms with E-state index in [0.29, 0.717) is 11.8 Å². The Balaban J connectivity index is 2.28. The van der Waals surface area contributed by atoms with Gasteiger partial charge in [0.25, 0.3) is 0 Å². The molecule has 0 amide bonds. The Labute approximate surface area is 84.0 Å². The molecule has 2 rings (SSSR count). The van der Waals surface area contributed by atoms with Gasteiger partial charge in [-0.2, -0.15) is 0 Å². The lowest BCUT2D eigenvalue weighted by Gasteiger charge is -2.18. The molecule has 1 aliphatic rings. The largest absolute Gasteiger partial charge is 0.398 e. The molecule has 0 saturated heterocycles. The van der Waals surface area contributed by atoms with Crippen LogP contribution in [-0.2, 0) is 0 Å². The van der Waals surface area contributed by atoms with E-state index < -0.39 is 0 Å². The van der Waals surface area contributed by atoms with Crippen molar-refractivity contribution < 1.29 is 5.11 Å². The number of hydrogen-bond acceptors (Lipinski definition) is 3. The van der Waals surface area contributed by atoms with Gasteiger partial charge in [0.2, 0.25) is 0 Å². The maximum atomic E-state index is 9.66. The van der Waals surface area contributed by atoms with E-state index in [1.807, 2.05) is 12.3 Å². The van der Waals surface area contributed by atoms with E-state index >= 15 is 0 Å². The molecule has 3 nitrogen and oxygen atoms in total. The Morgan fingerprint density at radius 1 is 1.50 bits per heavy atom. The number of aromatic nitrogens is 1. The molecular weight excluding hydrogens is 176 g/mol. The number of aliphatic hydroxyl groups excluding tert-OH is 1. The predicted octanol–water partition coefficient (Wildman–Crippen LogP) is 1.54. The molecule has 0 aromatic carbocycles. The van der Waals surface area contributed by atoms with Gasteiger partial charge in [0.05, 0.1) is 6.10 Å². The molecule has 0 bridgehead atoms. The highest BCUT2D eigenvalue weighted by Crippen LogP contribution is 2.40. The molecule has 14 heavy (non-hydrogen) atoms. The van der Waals surface area contributed by atoms with E-state index in [9.17, 15) is 5.11 Å². The topological polar surface area (TPSA) is 59.1 Å². The van der Waals surface area contributed by atoms with Crippen molar-refractivity contribution in [2.75, 3.05) is 5.73 Å². The second kappa shape index (κ2) is 3.58. The molecule has 0 radical (unpaired) electrons. The molecule has 1 fully saturated rings.